The van der Waals surface area contributed by atoms with Crippen molar-refractivity contribution < 1.29 is 18.7 Å². The number of benzene rings is 2. The second-order valence-electron chi connectivity index (χ2n) is 6.91. The number of rotatable bonds is 6. The number of hydrogen-bond donors (Lipinski definition) is 1. The molecule has 2 aromatic carbocycles. The maximum absolute atomic E-state index is 13.7. The van der Waals surface area contributed by atoms with Crippen molar-refractivity contribution >= 4 is 35.0 Å². The van der Waals surface area contributed by atoms with Crippen molar-refractivity contribution in [1.29, 1.82) is 0 Å². The number of nitrogens with zero attached hydrogens (tertiary/aromatic N) is 4. The number of hydrogen-bond acceptors (Lipinski definition) is 6. The van der Waals surface area contributed by atoms with E-state index in [1.54, 1.807) is 28.6 Å². The molecule has 1 atom stereocenters. The minimum atomic E-state index is -0.494. The summed E-state index contributed by atoms with van der Waals surface area (Å²) < 4.78 is 20.9. The highest BCUT2D eigenvalue weighted by atomic mass is 32.2. The highest BCUT2D eigenvalue weighted by Gasteiger charge is 2.32. The highest BCUT2D eigenvalue weighted by Crippen LogP contribution is 2.37. The van der Waals surface area contributed by atoms with Gasteiger partial charge in [-0.3, -0.25) is 14.5 Å². The van der Waals surface area contributed by atoms with Crippen LogP contribution in [0.25, 0.3) is 0 Å². The largest absolute Gasteiger partial charge is 0.482 e. The van der Waals surface area contributed by atoms with E-state index in [2.05, 4.69) is 15.5 Å². The van der Waals surface area contributed by atoms with E-state index >= 15 is 0 Å². The molecule has 0 saturated carbocycles. The Morgan fingerprint density at radius 2 is 1.97 bits per heavy atom. The summed E-state index contributed by atoms with van der Waals surface area (Å²) in [6.45, 7) is 1.82. The number of amides is 2. The third-order valence-corrected chi connectivity index (χ3v) is 5.87. The van der Waals surface area contributed by atoms with Crippen molar-refractivity contribution in [3.05, 3.63) is 60.2 Å². The van der Waals surface area contributed by atoms with E-state index in [-0.39, 0.29) is 29.9 Å². The summed E-state index contributed by atoms with van der Waals surface area (Å²) in [6, 6.07) is 12.9. The van der Waals surface area contributed by atoms with Crippen LogP contribution in [-0.2, 0) is 16.6 Å². The van der Waals surface area contributed by atoms with Gasteiger partial charge in [0, 0.05) is 7.05 Å². The van der Waals surface area contributed by atoms with Crippen molar-refractivity contribution in [2.75, 3.05) is 22.6 Å². The van der Waals surface area contributed by atoms with Crippen LogP contribution in [-0.4, -0.2) is 38.9 Å². The van der Waals surface area contributed by atoms with Crippen LogP contribution in [0.3, 0.4) is 0 Å². The topological polar surface area (TPSA) is 89.4 Å². The number of thioether (sulfide) groups is 1. The molecule has 0 saturated heterocycles. The molecule has 0 radical (unpaired) electrons. The molecule has 4 rings (SSSR count). The molecule has 1 unspecified atom stereocenters. The van der Waals surface area contributed by atoms with Gasteiger partial charge in [0.25, 0.3) is 5.91 Å². The van der Waals surface area contributed by atoms with Gasteiger partial charge in [0.05, 0.1) is 23.2 Å². The van der Waals surface area contributed by atoms with Gasteiger partial charge in [-0.1, -0.05) is 36.0 Å². The van der Waals surface area contributed by atoms with Crippen LogP contribution in [0.1, 0.15) is 18.8 Å². The first-order valence-electron chi connectivity index (χ1n) is 9.56. The van der Waals surface area contributed by atoms with Gasteiger partial charge in [0.2, 0.25) is 5.91 Å². The van der Waals surface area contributed by atoms with Crippen LogP contribution in [0.15, 0.2) is 53.7 Å². The zero-order valence-electron chi connectivity index (χ0n) is 16.9. The fourth-order valence-corrected chi connectivity index (χ4v) is 4.07. The van der Waals surface area contributed by atoms with Crippen molar-refractivity contribution in [2.45, 2.75) is 18.1 Å². The molecule has 1 N–H and O–H groups in total. The Hall–Kier alpha value is -3.40. The molecular formula is C21H20FN5O3S. The number of carbonyl (C=O) groups excluding carboxylic acids is 2. The van der Waals surface area contributed by atoms with E-state index in [0.717, 1.165) is 0 Å². The lowest BCUT2D eigenvalue weighted by Gasteiger charge is -2.33. The first kappa shape index (κ1) is 20.9. The van der Waals surface area contributed by atoms with Gasteiger partial charge in [-0.15, -0.1) is 10.2 Å². The highest BCUT2D eigenvalue weighted by molar-refractivity contribution is 7.99. The van der Waals surface area contributed by atoms with Crippen LogP contribution in [0, 0.1) is 5.82 Å². The van der Waals surface area contributed by atoms with Crippen LogP contribution in [0.4, 0.5) is 15.8 Å². The van der Waals surface area contributed by atoms with E-state index in [0.29, 0.717) is 22.4 Å². The van der Waals surface area contributed by atoms with Crippen molar-refractivity contribution in [2.24, 2.45) is 7.05 Å². The van der Waals surface area contributed by atoms with Crippen LogP contribution in [0.2, 0.25) is 0 Å². The maximum Gasteiger partial charge on any atom is 0.265 e. The molecule has 3 aromatic rings. The summed E-state index contributed by atoms with van der Waals surface area (Å²) >= 11 is 1.18. The summed E-state index contributed by atoms with van der Waals surface area (Å²) in [6.07, 6.45) is 0. The van der Waals surface area contributed by atoms with Crippen molar-refractivity contribution in [3.63, 3.8) is 0 Å². The molecule has 2 amide bonds. The lowest BCUT2D eigenvalue weighted by Crippen LogP contribution is -2.41. The van der Waals surface area contributed by atoms with Crippen molar-refractivity contribution in [3.8, 4) is 5.75 Å². The van der Waals surface area contributed by atoms with Gasteiger partial charge in [-0.2, -0.15) is 0 Å². The molecule has 31 heavy (non-hydrogen) atoms. The van der Waals surface area contributed by atoms with Gasteiger partial charge in [0.15, 0.2) is 17.6 Å². The zero-order chi connectivity index (χ0) is 22.0. The summed E-state index contributed by atoms with van der Waals surface area (Å²) in [5, 5.41) is 11.5. The van der Waals surface area contributed by atoms with Gasteiger partial charge in [-0.25, -0.2) is 4.39 Å². The summed E-state index contributed by atoms with van der Waals surface area (Å²) in [5.41, 5.74) is 0.803. The lowest BCUT2D eigenvalue weighted by molar-refractivity contribution is -0.121. The number of fused-ring (bicyclic) bond motifs is 1. The average Bonchev–Trinajstić information content (AvgIpc) is 3.14. The van der Waals surface area contributed by atoms with E-state index in [1.807, 2.05) is 31.2 Å². The molecule has 0 fully saturated rings. The van der Waals surface area contributed by atoms with E-state index in [9.17, 15) is 14.0 Å². The number of ether oxygens (including phenoxy) is 1. The number of para-hydroxylation sites is 3. The molecule has 8 nitrogen and oxygen atoms in total. The fraction of sp³-hybridized carbons (Fsp3) is 0.238. The molecule has 1 aromatic heterocycles. The Bertz CT molecular complexity index is 1140. The number of anilines is 2. The monoisotopic (exact) mass is 441 g/mol. The summed E-state index contributed by atoms with van der Waals surface area (Å²) in [4.78, 5) is 26.4. The number of nitrogens with one attached hydrogen (secondary N) is 1. The predicted octanol–water partition coefficient (Wildman–Crippen LogP) is 3.17. The van der Waals surface area contributed by atoms with Gasteiger partial charge >= 0.3 is 0 Å². The molecule has 0 bridgehead atoms. The number of halogens is 1. The molecular weight excluding hydrogens is 421 g/mol. The van der Waals surface area contributed by atoms with Gasteiger partial charge in [0.1, 0.15) is 11.6 Å². The first-order valence-corrected chi connectivity index (χ1v) is 10.5. The average molecular weight is 441 g/mol. The lowest BCUT2D eigenvalue weighted by atomic mass is 10.1. The zero-order valence-corrected chi connectivity index (χ0v) is 17.7. The second kappa shape index (κ2) is 8.76. The first-order chi connectivity index (χ1) is 15.0. The van der Waals surface area contributed by atoms with Crippen LogP contribution < -0.4 is 15.0 Å². The molecule has 1 aliphatic rings. The van der Waals surface area contributed by atoms with E-state index in [4.69, 9.17) is 4.74 Å². The Morgan fingerprint density at radius 3 is 2.77 bits per heavy atom. The molecule has 1 aliphatic heterocycles. The minimum absolute atomic E-state index is 0.0357. The normalized spacial score (nSPS) is 14.0. The molecule has 0 spiro atoms. The van der Waals surface area contributed by atoms with Crippen molar-refractivity contribution in [1.82, 2.24) is 14.8 Å². The van der Waals surface area contributed by atoms with Crippen LogP contribution >= 0.6 is 11.8 Å². The van der Waals surface area contributed by atoms with Crippen LogP contribution in [0.5, 0.6) is 5.75 Å². The number of carbonyl (C=O) groups is 2. The Morgan fingerprint density at radius 1 is 1.23 bits per heavy atom. The molecule has 160 valence electrons. The van der Waals surface area contributed by atoms with E-state index in [1.165, 1.54) is 23.9 Å². The molecule has 10 heteroatoms. The SMILES string of the molecule is CC(c1nnc(SCC(=O)Nc2ccccc2F)n1C)N1C(=O)COc2ccccc21. The smallest absolute Gasteiger partial charge is 0.265 e. The third kappa shape index (κ3) is 4.24. The summed E-state index contributed by atoms with van der Waals surface area (Å²) in [5.74, 6) is 0.218. The third-order valence-electron chi connectivity index (χ3n) is 4.85. The van der Waals surface area contributed by atoms with E-state index < -0.39 is 11.9 Å². The molecule has 0 aliphatic carbocycles. The van der Waals surface area contributed by atoms with Gasteiger partial charge in [-0.05, 0) is 31.2 Å². The molecule has 2 heterocycles. The van der Waals surface area contributed by atoms with Gasteiger partial charge < -0.3 is 14.6 Å². The number of aromatic nitrogens is 3. The summed E-state index contributed by atoms with van der Waals surface area (Å²) in [7, 11) is 1.78. The predicted molar refractivity (Wildman–Crippen MR) is 115 cm³/mol. The fourth-order valence-electron chi connectivity index (χ4n) is 3.36. The maximum atomic E-state index is 13.7. The Kier molecular flexibility index (Phi) is 5.90. The Labute approximate surface area is 182 Å². The quantitative estimate of drug-likeness (QED) is 0.591. The minimum Gasteiger partial charge on any atom is -0.482 e. The Balaban J connectivity index is 1.46. The second-order valence-corrected chi connectivity index (χ2v) is 7.86. The standard InChI is InChI=1S/C21H20FN5O3S/c1-13(27-16-9-5-6-10-17(16)30-11-19(27)29)20-24-25-21(26(20)2)31-12-18(28)23-15-8-4-3-7-14(15)22/h3-10,13H,11-12H2,1-2H3,(H,23,28).